The highest BCUT2D eigenvalue weighted by atomic mass is 16.5. The highest BCUT2D eigenvalue weighted by Crippen LogP contribution is 2.24. The molecule has 17 heavy (non-hydrogen) atoms. The number of unbranched alkanes of at least 4 members (excludes halogenated alkanes) is 1. The van der Waals surface area contributed by atoms with E-state index in [1.54, 1.807) is 0 Å². The van der Waals surface area contributed by atoms with Crippen molar-refractivity contribution in [2.45, 2.75) is 45.6 Å². The molecule has 1 fully saturated rings. The topological polar surface area (TPSA) is 24.5 Å². The lowest BCUT2D eigenvalue weighted by Gasteiger charge is -2.15. The Kier molecular flexibility index (Phi) is 7.82. The Bertz CT molecular complexity index is 181. The Labute approximate surface area is 107 Å². The predicted octanol–water partition coefficient (Wildman–Crippen LogP) is 2.12. The summed E-state index contributed by atoms with van der Waals surface area (Å²) in [6.07, 6.45) is 5.18. The van der Waals surface area contributed by atoms with Crippen molar-refractivity contribution in [1.29, 1.82) is 0 Å². The molecule has 1 aliphatic rings. The van der Waals surface area contributed by atoms with Crippen LogP contribution in [0.25, 0.3) is 0 Å². The van der Waals surface area contributed by atoms with Gasteiger partial charge in [0.15, 0.2) is 0 Å². The summed E-state index contributed by atoms with van der Waals surface area (Å²) >= 11 is 0. The normalized spacial score (nSPS) is 16.1. The van der Waals surface area contributed by atoms with Gasteiger partial charge in [0.1, 0.15) is 0 Å². The number of rotatable bonds is 11. The molecule has 0 heterocycles. The minimum absolute atomic E-state index is 0.754. The maximum absolute atomic E-state index is 5.64. The van der Waals surface area contributed by atoms with Gasteiger partial charge in [0.2, 0.25) is 0 Å². The van der Waals surface area contributed by atoms with E-state index in [9.17, 15) is 0 Å². The second-order valence-electron chi connectivity index (χ2n) is 5.63. The fraction of sp³-hybridized carbons (Fsp3) is 1.00. The van der Waals surface area contributed by atoms with Crippen molar-refractivity contribution >= 4 is 0 Å². The molecule has 3 heteroatoms. The molecule has 0 spiro atoms. The van der Waals surface area contributed by atoms with Crippen molar-refractivity contribution in [3.8, 4) is 0 Å². The largest absolute Gasteiger partial charge is 0.380 e. The molecule has 0 aromatic heterocycles. The summed E-state index contributed by atoms with van der Waals surface area (Å²) < 4.78 is 5.64. The molecule has 0 bridgehead atoms. The van der Waals surface area contributed by atoms with E-state index in [1.165, 1.54) is 25.7 Å². The zero-order valence-corrected chi connectivity index (χ0v) is 11.9. The number of hydrogen-bond donors (Lipinski definition) is 1. The van der Waals surface area contributed by atoms with E-state index in [1.807, 2.05) is 0 Å². The van der Waals surface area contributed by atoms with E-state index in [0.29, 0.717) is 0 Å². The van der Waals surface area contributed by atoms with Crippen LogP contribution >= 0.6 is 0 Å². The van der Waals surface area contributed by atoms with Gasteiger partial charge in [-0.3, -0.25) is 0 Å². The first-order valence-corrected chi connectivity index (χ1v) is 7.19. The highest BCUT2D eigenvalue weighted by molar-refractivity contribution is 4.81. The van der Waals surface area contributed by atoms with Crippen LogP contribution in [0, 0.1) is 5.92 Å². The molecule has 3 nitrogen and oxygen atoms in total. The van der Waals surface area contributed by atoms with Gasteiger partial charge in [0.25, 0.3) is 0 Å². The smallest absolute Gasteiger partial charge is 0.0593 e. The van der Waals surface area contributed by atoms with Crippen LogP contribution in [0.3, 0.4) is 0 Å². The third kappa shape index (κ3) is 8.58. The van der Waals surface area contributed by atoms with Crippen molar-refractivity contribution in [3.63, 3.8) is 0 Å². The minimum atomic E-state index is 0.754. The second-order valence-corrected chi connectivity index (χ2v) is 5.63. The lowest BCUT2D eigenvalue weighted by molar-refractivity contribution is 0.106. The molecular formula is C14H30N2O. The summed E-state index contributed by atoms with van der Waals surface area (Å²) in [5, 5.41) is 3.45. The van der Waals surface area contributed by atoms with E-state index < -0.39 is 0 Å². The quantitative estimate of drug-likeness (QED) is 0.562. The van der Waals surface area contributed by atoms with Gasteiger partial charge in [-0.1, -0.05) is 13.8 Å². The minimum Gasteiger partial charge on any atom is -0.380 e. The van der Waals surface area contributed by atoms with E-state index in [2.05, 4.69) is 31.1 Å². The summed E-state index contributed by atoms with van der Waals surface area (Å²) in [5.41, 5.74) is 0. The van der Waals surface area contributed by atoms with Gasteiger partial charge in [-0.25, -0.2) is 0 Å². The fourth-order valence-corrected chi connectivity index (χ4v) is 1.85. The molecule has 0 amide bonds. The lowest BCUT2D eigenvalue weighted by Crippen LogP contribution is -2.25. The van der Waals surface area contributed by atoms with Crippen molar-refractivity contribution in [2.24, 2.45) is 5.92 Å². The van der Waals surface area contributed by atoms with Gasteiger partial charge in [0, 0.05) is 19.2 Å². The van der Waals surface area contributed by atoms with Gasteiger partial charge >= 0.3 is 0 Å². The van der Waals surface area contributed by atoms with E-state index in [0.717, 1.165) is 44.8 Å². The Morgan fingerprint density at radius 2 is 2.00 bits per heavy atom. The Morgan fingerprint density at radius 1 is 1.24 bits per heavy atom. The van der Waals surface area contributed by atoms with Crippen LogP contribution in [0.2, 0.25) is 0 Å². The van der Waals surface area contributed by atoms with E-state index in [4.69, 9.17) is 4.74 Å². The first kappa shape index (κ1) is 14.9. The van der Waals surface area contributed by atoms with Crippen LogP contribution in [0.4, 0.5) is 0 Å². The van der Waals surface area contributed by atoms with Gasteiger partial charge in [-0.05, 0) is 51.7 Å². The average Bonchev–Trinajstić information content (AvgIpc) is 3.09. The number of ether oxygens (including phenoxy) is 1. The predicted molar refractivity (Wildman–Crippen MR) is 73.4 cm³/mol. The summed E-state index contributed by atoms with van der Waals surface area (Å²) in [7, 11) is 2.21. The van der Waals surface area contributed by atoms with E-state index >= 15 is 0 Å². The number of likely N-dealkylation sites (N-methyl/N-ethyl adjacent to an activating group) is 1. The molecule has 0 aromatic carbocycles. The lowest BCUT2D eigenvalue weighted by atomic mass is 10.2. The first-order chi connectivity index (χ1) is 8.20. The standard InChI is InChI=1S/C14H30N2O/c1-13(2)12-15-8-4-5-10-17-11-9-16(3)14-6-7-14/h13-15H,4-12H2,1-3H3. The highest BCUT2D eigenvalue weighted by Gasteiger charge is 2.25. The SMILES string of the molecule is CC(C)CNCCCCOCCN(C)C1CC1. The average molecular weight is 242 g/mol. The van der Waals surface area contributed by atoms with Crippen LogP contribution in [-0.2, 0) is 4.74 Å². The van der Waals surface area contributed by atoms with Crippen LogP contribution in [0.5, 0.6) is 0 Å². The molecule has 0 saturated heterocycles. The number of nitrogens with one attached hydrogen (secondary N) is 1. The fourth-order valence-electron chi connectivity index (χ4n) is 1.85. The molecule has 0 unspecified atom stereocenters. The Morgan fingerprint density at radius 3 is 2.65 bits per heavy atom. The number of hydrogen-bond acceptors (Lipinski definition) is 3. The third-order valence-electron chi connectivity index (χ3n) is 3.20. The zero-order valence-electron chi connectivity index (χ0n) is 11.9. The molecule has 1 saturated carbocycles. The maximum atomic E-state index is 5.64. The molecule has 1 aliphatic carbocycles. The summed E-state index contributed by atoms with van der Waals surface area (Å²) in [4.78, 5) is 2.42. The molecule has 102 valence electrons. The monoisotopic (exact) mass is 242 g/mol. The van der Waals surface area contributed by atoms with Crippen molar-refractivity contribution in [3.05, 3.63) is 0 Å². The summed E-state index contributed by atoms with van der Waals surface area (Å²) in [5.74, 6) is 0.754. The third-order valence-corrected chi connectivity index (χ3v) is 3.20. The van der Waals surface area contributed by atoms with E-state index in [-0.39, 0.29) is 0 Å². The molecule has 1 rings (SSSR count). The maximum Gasteiger partial charge on any atom is 0.0593 e. The summed E-state index contributed by atoms with van der Waals surface area (Å²) in [6, 6.07) is 0.860. The Balaban J connectivity index is 1.72. The van der Waals surface area contributed by atoms with Crippen molar-refractivity contribution in [2.75, 3.05) is 39.9 Å². The van der Waals surface area contributed by atoms with Crippen LogP contribution in [0.15, 0.2) is 0 Å². The van der Waals surface area contributed by atoms with Crippen LogP contribution < -0.4 is 5.32 Å². The number of nitrogens with zero attached hydrogens (tertiary/aromatic N) is 1. The van der Waals surface area contributed by atoms with Gasteiger partial charge in [-0.15, -0.1) is 0 Å². The zero-order chi connectivity index (χ0) is 12.5. The summed E-state index contributed by atoms with van der Waals surface area (Å²) in [6.45, 7) is 9.65. The molecule has 0 atom stereocenters. The molecule has 0 aromatic rings. The molecule has 0 aliphatic heterocycles. The second kappa shape index (κ2) is 8.90. The molecular weight excluding hydrogens is 212 g/mol. The van der Waals surface area contributed by atoms with Crippen LogP contribution in [0.1, 0.15) is 39.5 Å². The van der Waals surface area contributed by atoms with Crippen molar-refractivity contribution < 1.29 is 4.74 Å². The van der Waals surface area contributed by atoms with Gasteiger partial charge in [0.05, 0.1) is 6.61 Å². The molecule has 0 radical (unpaired) electrons. The first-order valence-electron chi connectivity index (χ1n) is 7.19. The van der Waals surface area contributed by atoms with Gasteiger partial charge < -0.3 is 15.0 Å². The van der Waals surface area contributed by atoms with Crippen LogP contribution in [-0.4, -0.2) is 50.8 Å². The Hall–Kier alpha value is -0.120. The van der Waals surface area contributed by atoms with Gasteiger partial charge in [-0.2, -0.15) is 0 Å². The molecule has 1 N–H and O–H groups in total. The van der Waals surface area contributed by atoms with Crippen molar-refractivity contribution in [1.82, 2.24) is 10.2 Å².